The Bertz CT molecular complexity index is 722. The first-order valence-electron chi connectivity index (χ1n) is 5.32. The second-order valence-electron chi connectivity index (χ2n) is 3.72. The van der Waals surface area contributed by atoms with Gasteiger partial charge in [0, 0.05) is 12.4 Å². The quantitative estimate of drug-likeness (QED) is 0.756. The van der Waals surface area contributed by atoms with Gasteiger partial charge in [0.05, 0.1) is 5.52 Å². The number of rotatable bonds is 2. The van der Waals surface area contributed by atoms with Crippen LogP contribution in [-0.4, -0.2) is 26.6 Å². The van der Waals surface area contributed by atoms with E-state index >= 15 is 0 Å². The summed E-state index contributed by atoms with van der Waals surface area (Å²) in [4.78, 5) is 4.17. The predicted molar refractivity (Wildman–Crippen MR) is 62.8 cm³/mol. The molecule has 0 amide bonds. The van der Waals surface area contributed by atoms with Gasteiger partial charge < -0.3 is 5.32 Å². The van der Waals surface area contributed by atoms with E-state index in [1.807, 2.05) is 12.1 Å². The van der Waals surface area contributed by atoms with Crippen molar-refractivity contribution < 1.29 is 8.78 Å². The lowest BCUT2D eigenvalue weighted by atomic mass is 10.2. The average Bonchev–Trinajstić information content (AvgIpc) is 2.81. The highest BCUT2D eigenvalue weighted by molar-refractivity contribution is 5.91. The molecule has 2 aromatic heterocycles. The van der Waals surface area contributed by atoms with Gasteiger partial charge in [-0.1, -0.05) is 12.1 Å². The summed E-state index contributed by atoms with van der Waals surface area (Å²) in [5.41, 5.74) is 0.604. The van der Waals surface area contributed by atoms with Gasteiger partial charge >= 0.3 is 0 Å². The second-order valence-corrected chi connectivity index (χ2v) is 3.72. The average molecular weight is 249 g/mol. The van der Waals surface area contributed by atoms with Gasteiger partial charge in [-0.05, 0) is 12.1 Å². The summed E-state index contributed by atoms with van der Waals surface area (Å²) in [6, 6.07) is 7.14. The fourth-order valence-electron chi connectivity index (χ4n) is 1.95. The van der Waals surface area contributed by atoms with E-state index in [2.05, 4.69) is 20.5 Å². The van der Waals surface area contributed by atoms with Crippen LogP contribution in [0.4, 0.5) is 14.6 Å². The van der Waals surface area contributed by atoms with Gasteiger partial charge in [0.15, 0.2) is 0 Å². The zero-order valence-electron chi connectivity index (χ0n) is 9.43. The third-order valence-electron chi connectivity index (χ3n) is 2.71. The Morgan fingerprint density at radius 3 is 2.72 bits per heavy atom. The van der Waals surface area contributed by atoms with Crippen LogP contribution in [0.2, 0.25) is 0 Å². The number of fused-ring (bicyclic) bond motifs is 3. The molecule has 0 aliphatic heterocycles. The van der Waals surface area contributed by atoms with Gasteiger partial charge in [0.25, 0.3) is 12.2 Å². The number of anilines is 1. The molecule has 3 aromatic rings. The summed E-state index contributed by atoms with van der Waals surface area (Å²) >= 11 is 0. The van der Waals surface area contributed by atoms with Gasteiger partial charge in [-0.2, -0.15) is 4.98 Å². The highest BCUT2D eigenvalue weighted by Crippen LogP contribution is 2.26. The Hall–Kier alpha value is -2.31. The molecule has 7 heteroatoms. The van der Waals surface area contributed by atoms with E-state index in [0.29, 0.717) is 11.3 Å². The third-order valence-corrected chi connectivity index (χ3v) is 2.71. The van der Waals surface area contributed by atoms with Crippen molar-refractivity contribution in [3.05, 3.63) is 30.1 Å². The molecule has 0 aliphatic carbocycles. The van der Waals surface area contributed by atoms with Crippen LogP contribution >= 0.6 is 0 Å². The van der Waals surface area contributed by atoms with E-state index in [1.54, 1.807) is 19.2 Å². The SMILES string of the molecule is CNc1nc2nnc(C(F)F)n2c2ccccc12. The third kappa shape index (κ3) is 1.40. The summed E-state index contributed by atoms with van der Waals surface area (Å²) in [5, 5.41) is 10.8. The van der Waals surface area contributed by atoms with Gasteiger partial charge in [0.2, 0.25) is 5.82 Å². The topological polar surface area (TPSA) is 55.1 Å². The van der Waals surface area contributed by atoms with E-state index in [9.17, 15) is 8.78 Å². The normalized spacial score (nSPS) is 11.6. The Balaban J connectivity index is 2.51. The minimum absolute atomic E-state index is 0.161. The van der Waals surface area contributed by atoms with E-state index in [0.717, 1.165) is 5.39 Å². The van der Waals surface area contributed by atoms with Gasteiger partial charge in [0.1, 0.15) is 5.82 Å². The summed E-state index contributed by atoms with van der Waals surface area (Å²) in [5.74, 6) is 0.357. The molecule has 2 heterocycles. The number of hydrogen-bond acceptors (Lipinski definition) is 4. The Morgan fingerprint density at radius 2 is 2.00 bits per heavy atom. The van der Waals surface area contributed by atoms with E-state index < -0.39 is 12.2 Å². The maximum atomic E-state index is 12.9. The number of alkyl halides is 2. The number of halogens is 2. The Kier molecular flexibility index (Phi) is 2.32. The molecule has 3 rings (SSSR count). The van der Waals surface area contributed by atoms with Crippen LogP contribution in [0.15, 0.2) is 24.3 Å². The van der Waals surface area contributed by atoms with Crippen molar-refractivity contribution in [1.82, 2.24) is 19.6 Å². The minimum Gasteiger partial charge on any atom is -0.372 e. The van der Waals surface area contributed by atoms with Crippen LogP contribution in [0.5, 0.6) is 0 Å². The number of benzene rings is 1. The zero-order chi connectivity index (χ0) is 12.7. The molecule has 0 atom stereocenters. The lowest BCUT2D eigenvalue weighted by molar-refractivity contribution is 0.139. The largest absolute Gasteiger partial charge is 0.372 e. The molecule has 92 valence electrons. The van der Waals surface area contributed by atoms with Crippen molar-refractivity contribution in [1.29, 1.82) is 0 Å². The minimum atomic E-state index is -2.69. The van der Waals surface area contributed by atoms with Gasteiger partial charge in [-0.25, -0.2) is 8.78 Å². The summed E-state index contributed by atoms with van der Waals surface area (Å²) in [6.45, 7) is 0. The molecule has 0 aliphatic rings. The number of hydrogen-bond donors (Lipinski definition) is 1. The smallest absolute Gasteiger partial charge is 0.297 e. The van der Waals surface area contributed by atoms with Crippen LogP contribution < -0.4 is 5.32 Å². The van der Waals surface area contributed by atoms with Crippen molar-refractivity contribution >= 4 is 22.5 Å². The van der Waals surface area contributed by atoms with Crippen molar-refractivity contribution in [2.45, 2.75) is 6.43 Å². The maximum absolute atomic E-state index is 12.9. The van der Waals surface area contributed by atoms with Crippen LogP contribution in [0.25, 0.3) is 16.7 Å². The molecule has 0 saturated carbocycles. The van der Waals surface area contributed by atoms with Crippen molar-refractivity contribution in [3.63, 3.8) is 0 Å². The lowest BCUT2D eigenvalue weighted by Crippen LogP contribution is -2.02. The highest BCUT2D eigenvalue weighted by Gasteiger charge is 2.19. The van der Waals surface area contributed by atoms with Crippen LogP contribution in [0.3, 0.4) is 0 Å². The Morgan fingerprint density at radius 1 is 1.22 bits per heavy atom. The maximum Gasteiger partial charge on any atom is 0.297 e. The molecule has 5 nitrogen and oxygen atoms in total. The molecule has 0 radical (unpaired) electrons. The molecular formula is C11H9F2N5. The van der Waals surface area contributed by atoms with Gasteiger partial charge in [-0.3, -0.25) is 4.40 Å². The predicted octanol–water partition coefficient (Wildman–Crippen LogP) is 2.26. The Labute approximate surface area is 100 Å². The zero-order valence-corrected chi connectivity index (χ0v) is 9.43. The molecule has 0 fully saturated rings. The second kappa shape index (κ2) is 3.86. The monoisotopic (exact) mass is 249 g/mol. The molecule has 0 bridgehead atoms. The first kappa shape index (κ1) is 10.8. The molecular weight excluding hydrogens is 240 g/mol. The molecule has 1 N–H and O–H groups in total. The molecule has 0 spiro atoms. The summed E-state index contributed by atoms with van der Waals surface area (Å²) < 4.78 is 27.0. The van der Waals surface area contributed by atoms with Crippen molar-refractivity contribution in [2.24, 2.45) is 0 Å². The number of nitrogens with zero attached hydrogens (tertiary/aromatic N) is 4. The lowest BCUT2D eigenvalue weighted by Gasteiger charge is -2.07. The van der Waals surface area contributed by atoms with E-state index in [1.165, 1.54) is 4.40 Å². The first-order chi connectivity index (χ1) is 8.72. The van der Waals surface area contributed by atoms with Crippen LogP contribution in [-0.2, 0) is 0 Å². The summed E-state index contributed by atoms with van der Waals surface area (Å²) in [6.07, 6.45) is -2.69. The molecule has 1 aromatic carbocycles. The standard InChI is InChI=1S/C11H9F2N5/c1-14-9-6-4-2-3-5-7(6)18-10(8(12)13)16-17-11(18)15-9/h2-5,8H,1H3,(H,14,15,17). The molecule has 0 unspecified atom stereocenters. The number of nitrogens with one attached hydrogen (secondary N) is 1. The first-order valence-corrected chi connectivity index (χ1v) is 5.32. The van der Waals surface area contributed by atoms with Crippen molar-refractivity contribution in [2.75, 3.05) is 12.4 Å². The van der Waals surface area contributed by atoms with E-state index in [-0.39, 0.29) is 5.78 Å². The van der Waals surface area contributed by atoms with Crippen molar-refractivity contribution in [3.8, 4) is 0 Å². The van der Waals surface area contributed by atoms with Gasteiger partial charge in [-0.15, -0.1) is 10.2 Å². The summed E-state index contributed by atoms with van der Waals surface area (Å²) in [7, 11) is 1.72. The van der Waals surface area contributed by atoms with Crippen LogP contribution in [0.1, 0.15) is 12.2 Å². The number of para-hydroxylation sites is 1. The van der Waals surface area contributed by atoms with Crippen LogP contribution in [0, 0.1) is 0 Å². The fraction of sp³-hybridized carbons (Fsp3) is 0.182. The number of aromatic nitrogens is 4. The molecule has 0 saturated heterocycles. The highest BCUT2D eigenvalue weighted by atomic mass is 19.3. The molecule has 18 heavy (non-hydrogen) atoms. The fourth-order valence-corrected chi connectivity index (χ4v) is 1.95. The van der Waals surface area contributed by atoms with E-state index in [4.69, 9.17) is 0 Å².